The van der Waals surface area contributed by atoms with Gasteiger partial charge in [0.05, 0.1) is 12.5 Å². The Morgan fingerprint density at radius 3 is 2.00 bits per heavy atom. The fourth-order valence-corrected chi connectivity index (χ4v) is 12.0. The minimum Gasteiger partial charge on any atom is -0.496 e. The Labute approximate surface area is 144 Å². The van der Waals surface area contributed by atoms with Crippen molar-refractivity contribution in [2.45, 2.75) is 58.2 Å². The smallest absolute Gasteiger partial charge is 0.169 e. The second-order valence-electron chi connectivity index (χ2n) is 7.05. The van der Waals surface area contributed by atoms with Crippen molar-refractivity contribution in [3.63, 3.8) is 0 Å². The summed E-state index contributed by atoms with van der Waals surface area (Å²) in [5.41, 5.74) is 3.30. The van der Waals surface area contributed by atoms with Crippen molar-refractivity contribution in [1.82, 2.24) is 4.23 Å². The summed E-state index contributed by atoms with van der Waals surface area (Å²) in [6.07, 6.45) is 2.30. The predicted molar refractivity (Wildman–Crippen MR) is 103 cm³/mol. The van der Waals surface area contributed by atoms with Crippen LogP contribution in [-0.4, -0.2) is 19.6 Å². The topological polar surface area (TPSA) is 14.2 Å². The zero-order valence-corrected chi connectivity index (χ0v) is 17.4. The zero-order chi connectivity index (χ0) is 16.7. The molecule has 0 fully saturated rings. The van der Waals surface area contributed by atoms with Crippen molar-refractivity contribution < 1.29 is 4.74 Å². The summed E-state index contributed by atoms with van der Waals surface area (Å²) >= 11 is 3.77. The normalized spacial score (nSPS) is 12.9. The van der Waals surface area contributed by atoms with Crippen LogP contribution in [0.2, 0.25) is 16.6 Å². The second kappa shape index (κ2) is 6.40. The summed E-state index contributed by atoms with van der Waals surface area (Å²) in [6.45, 7) is 14.4. The van der Waals surface area contributed by atoms with Crippen molar-refractivity contribution in [3.8, 4) is 5.75 Å². The largest absolute Gasteiger partial charge is 0.496 e. The first-order valence-electron chi connectivity index (χ1n) is 8.12. The molecule has 1 heterocycles. The quantitative estimate of drug-likeness (QED) is 0.543. The number of hydrogen-bond donors (Lipinski definition) is 0. The molecule has 0 unspecified atom stereocenters. The molecule has 2 aromatic rings. The van der Waals surface area contributed by atoms with Gasteiger partial charge >= 0.3 is 0 Å². The van der Waals surface area contributed by atoms with E-state index >= 15 is 0 Å². The molecule has 1 aromatic heterocycles. The Bertz CT molecular complexity index is 639. The molecule has 0 bridgehead atoms. The lowest BCUT2D eigenvalue weighted by molar-refractivity contribution is 0.419. The Morgan fingerprint density at radius 2 is 1.55 bits per heavy atom. The summed E-state index contributed by atoms with van der Waals surface area (Å²) in [7, 11) is -0.00527. The third-order valence-corrected chi connectivity index (χ3v) is 12.5. The van der Waals surface area contributed by atoms with Gasteiger partial charge in [-0.25, -0.2) is 0 Å². The standard InChI is InChI=1S/C18H28BrNOSi/c1-12(2)22(13(3)4,14(5)6)20-11-15(19)18-16(20)9-8-10-17(18)21-7/h8-14H,1-7H3. The van der Waals surface area contributed by atoms with E-state index < -0.39 is 8.24 Å². The van der Waals surface area contributed by atoms with Crippen LogP contribution in [0.25, 0.3) is 10.9 Å². The predicted octanol–water partition coefficient (Wildman–Crippen LogP) is 6.44. The third kappa shape index (κ3) is 2.44. The molecule has 0 saturated carbocycles. The molecular formula is C18H28BrNOSi. The van der Waals surface area contributed by atoms with Gasteiger partial charge in [-0.1, -0.05) is 47.6 Å². The number of benzene rings is 1. The molecular weight excluding hydrogens is 354 g/mol. The molecule has 0 amide bonds. The van der Waals surface area contributed by atoms with Gasteiger partial charge in [-0.15, -0.1) is 0 Å². The summed E-state index contributed by atoms with van der Waals surface area (Å²) in [4.78, 5) is 0. The molecule has 0 spiro atoms. The van der Waals surface area contributed by atoms with E-state index in [1.807, 2.05) is 6.07 Å². The average molecular weight is 382 g/mol. The lowest BCUT2D eigenvalue weighted by Gasteiger charge is -2.44. The van der Waals surface area contributed by atoms with Crippen LogP contribution in [0.1, 0.15) is 41.5 Å². The van der Waals surface area contributed by atoms with Crippen LogP contribution < -0.4 is 4.74 Å². The van der Waals surface area contributed by atoms with Gasteiger partial charge in [-0.3, -0.25) is 0 Å². The van der Waals surface area contributed by atoms with E-state index in [4.69, 9.17) is 4.74 Å². The number of ether oxygens (including phenoxy) is 1. The lowest BCUT2D eigenvalue weighted by Crippen LogP contribution is -2.51. The van der Waals surface area contributed by atoms with Crippen molar-refractivity contribution in [1.29, 1.82) is 0 Å². The molecule has 2 rings (SSSR count). The Morgan fingerprint density at radius 1 is 1.00 bits per heavy atom. The van der Waals surface area contributed by atoms with Crippen LogP contribution in [-0.2, 0) is 0 Å². The van der Waals surface area contributed by atoms with Gasteiger partial charge in [-0.2, -0.15) is 0 Å². The van der Waals surface area contributed by atoms with Gasteiger partial charge in [0.15, 0.2) is 8.24 Å². The highest BCUT2D eigenvalue weighted by atomic mass is 79.9. The van der Waals surface area contributed by atoms with Gasteiger partial charge in [-0.05, 0) is 44.7 Å². The van der Waals surface area contributed by atoms with Crippen LogP contribution in [0.3, 0.4) is 0 Å². The molecule has 22 heavy (non-hydrogen) atoms. The van der Waals surface area contributed by atoms with Gasteiger partial charge in [0.2, 0.25) is 0 Å². The molecule has 0 atom stereocenters. The average Bonchev–Trinajstić information content (AvgIpc) is 2.76. The molecule has 4 heteroatoms. The van der Waals surface area contributed by atoms with Gasteiger partial charge in [0, 0.05) is 16.2 Å². The number of hydrogen-bond acceptors (Lipinski definition) is 1. The minimum absolute atomic E-state index is 0.668. The minimum atomic E-state index is -1.75. The van der Waals surface area contributed by atoms with Crippen LogP contribution in [0.5, 0.6) is 5.75 Å². The summed E-state index contributed by atoms with van der Waals surface area (Å²) in [6, 6.07) is 6.38. The van der Waals surface area contributed by atoms with E-state index in [2.05, 4.69) is 80.0 Å². The van der Waals surface area contributed by atoms with Crippen LogP contribution in [0.4, 0.5) is 0 Å². The van der Waals surface area contributed by atoms with Gasteiger partial charge in [0.1, 0.15) is 5.75 Å². The molecule has 2 nitrogen and oxygen atoms in total. The second-order valence-corrected chi connectivity index (χ2v) is 13.6. The molecule has 0 saturated heterocycles. The third-order valence-electron chi connectivity index (χ3n) is 5.16. The van der Waals surface area contributed by atoms with Crippen molar-refractivity contribution in [2.24, 2.45) is 0 Å². The Kier molecular flexibility index (Phi) is 5.12. The number of nitrogens with zero attached hydrogens (tertiary/aromatic N) is 1. The summed E-state index contributed by atoms with van der Waals surface area (Å²) < 4.78 is 9.35. The van der Waals surface area contributed by atoms with Crippen molar-refractivity contribution >= 4 is 35.1 Å². The van der Waals surface area contributed by atoms with E-state index in [9.17, 15) is 0 Å². The highest BCUT2D eigenvalue weighted by Gasteiger charge is 2.46. The van der Waals surface area contributed by atoms with E-state index in [0.29, 0.717) is 16.6 Å². The van der Waals surface area contributed by atoms with Gasteiger partial charge < -0.3 is 8.97 Å². The van der Waals surface area contributed by atoms with Crippen LogP contribution >= 0.6 is 15.9 Å². The number of halogens is 1. The molecule has 0 aliphatic rings. The maximum absolute atomic E-state index is 5.59. The van der Waals surface area contributed by atoms with Crippen LogP contribution in [0.15, 0.2) is 28.9 Å². The van der Waals surface area contributed by atoms with E-state index in [1.54, 1.807) is 7.11 Å². The summed E-state index contributed by atoms with van der Waals surface area (Å²) in [5, 5.41) is 1.20. The number of methoxy groups -OCH3 is 1. The van der Waals surface area contributed by atoms with Crippen molar-refractivity contribution in [3.05, 3.63) is 28.9 Å². The highest BCUT2D eigenvalue weighted by molar-refractivity contribution is 9.10. The SMILES string of the molecule is COc1cccc2c1c(Br)cn2[Si](C(C)C)(C(C)C)C(C)C. The molecule has 0 radical (unpaired) electrons. The van der Waals surface area contributed by atoms with Gasteiger partial charge in [0.25, 0.3) is 0 Å². The summed E-state index contributed by atoms with van der Waals surface area (Å²) in [5.74, 6) is 0.947. The first-order valence-corrected chi connectivity index (χ1v) is 11.1. The highest BCUT2D eigenvalue weighted by Crippen LogP contribution is 2.46. The Hall–Kier alpha value is -0.743. The number of rotatable bonds is 5. The van der Waals surface area contributed by atoms with Crippen LogP contribution in [0, 0.1) is 0 Å². The molecule has 0 aliphatic heterocycles. The first-order chi connectivity index (χ1) is 10.3. The van der Waals surface area contributed by atoms with E-state index in [1.165, 1.54) is 10.9 Å². The fourth-order valence-electron chi connectivity index (χ4n) is 4.53. The van der Waals surface area contributed by atoms with E-state index in [-0.39, 0.29) is 0 Å². The maximum Gasteiger partial charge on any atom is 0.169 e. The fraction of sp³-hybridized carbons (Fsp3) is 0.556. The number of aromatic nitrogens is 1. The first kappa shape index (κ1) is 17.6. The number of fused-ring (bicyclic) bond motifs is 1. The monoisotopic (exact) mass is 381 g/mol. The Balaban J connectivity index is 2.87. The van der Waals surface area contributed by atoms with Crippen molar-refractivity contribution in [2.75, 3.05) is 7.11 Å². The zero-order valence-electron chi connectivity index (χ0n) is 14.8. The molecule has 122 valence electrons. The molecule has 0 N–H and O–H groups in total. The molecule has 1 aromatic carbocycles. The maximum atomic E-state index is 5.59. The molecule has 0 aliphatic carbocycles. The van der Waals surface area contributed by atoms with E-state index in [0.717, 1.165) is 10.2 Å². The lowest BCUT2D eigenvalue weighted by atomic mass is 10.2.